The molecule has 1 saturated heterocycles. The molecule has 0 radical (unpaired) electrons. The highest BCUT2D eigenvalue weighted by atomic mass is 19.1. The molecule has 1 atom stereocenters. The number of rotatable bonds is 6. The van der Waals surface area contributed by atoms with Gasteiger partial charge in [0.25, 0.3) is 0 Å². The van der Waals surface area contributed by atoms with Crippen LogP contribution in [-0.2, 0) is 9.63 Å². The minimum absolute atomic E-state index is 0.0988. The Morgan fingerprint density at radius 2 is 2.21 bits per heavy atom. The van der Waals surface area contributed by atoms with E-state index in [2.05, 4.69) is 19.3 Å². The van der Waals surface area contributed by atoms with Gasteiger partial charge in [-0.1, -0.05) is 20.3 Å². The lowest BCUT2D eigenvalue weighted by Crippen LogP contribution is -2.41. The van der Waals surface area contributed by atoms with E-state index in [1.807, 2.05) is 11.0 Å². The van der Waals surface area contributed by atoms with Gasteiger partial charge < -0.3 is 4.90 Å². The molecule has 1 aromatic rings. The first kappa shape index (κ1) is 18.2. The fraction of sp³-hybridized carbons (Fsp3) is 0.556. The Bertz CT molecular complexity index is 607. The van der Waals surface area contributed by atoms with Gasteiger partial charge >= 0.3 is 0 Å². The van der Waals surface area contributed by atoms with Crippen molar-refractivity contribution in [1.82, 2.24) is 5.48 Å². The number of piperidine rings is 1. The standard InChI is InChI=1S/C18H24FN3O2/c1-3-13(2)12-24-21-18(23)15-6-8-22(9-7-15)17-5-4-14(11-20)10-16(17)19/h4-5,10,13,15H,3,6-9,12H2,1-2H3,(H,21,23). The smallest absolute Gasteiger partial charge is 0.246 e. The van der Waals surface area contributed by atoms with Gasteiger partial charge in [-0.25, -0.2) is 9.87 Å². The number of nitriles is 1. The van der Waals surface area contributed by atoms with Crippen molar-refractivity contribution in [2.75, 3.05) is 24.6 Å². The van der Waals surface area contributed by atoms with Crippen LogP contribution < -0.4 is 10.4 Å². The molecule has 1 heterocycles. The van der Waals surface area contributed by atoms with E-state index in [1.165, 1.54) is 6.07 Å². The summed E-state index contributed by atoms with van der Waals surface area (Å²) in [6, 6.07) is 6.41. The number of halogens is 1. The Morgan fingerprint density at radius 1 is 1.50 bits per heavy atom. The number of nitrogens with zero attached hydrogens (tertiary/aromatic N) is 2. The Labute approximate surface area is 142 Å². The van der Waals surface area contributed by atoms with Crippen LogP contribution in [0.4, 0.5) is 10.1 Å². The van der Waals surface area contributed by atoms with E-state index >= 15 is 0 Å². The van der Waals surface area contributed by atoms with Crippen LogP contribution in [0.3, 0.4) is 0 Å². The maximum absolute atomic E-state index is 14.1. The van der Waals surface area contributed by atoms with E-state index in [1.54, 1.807) is 12.1 Å². The molecule has 0 saturated carbocycles. The van der Waals surface area contributed by atoms with E-state index in [-0.39, 0.29) is 11.8 Å². The zero-order valence-corrected chi connectivity index (χ0v) is 14.2. The van der Waals surface area contributed by atoms with Gasteiger partial charge in [-0.3, -0.25) is 9.63 Å². The summed E-state index contributed by atoms with van der Waals surface area (Å²) in [5.74, 6) is -0.196. The van der Waals surface area contributed by atoms with Gasteiger partial charge in [0.1, 0.15) is 5.82 Å². The minimum Gasteiger partial charge on any atom is -0.369 e. The number of carbonyl (C=O) groups is 1. The number of hydrogen-bond donors (Lipinski definition) is 1. The summed E-state index contributed by atoms with van der Waals surface area (Å²) in [4.78, 5) is 19.3. The third-order valence-electron chi connectivity index (χ3n) is 4.52. The molecule has 1 unspecified atom stereocenters. The fourth-order valence-electron chi connectivity index (χ4n) is 2.67. The molecule has 0 bridgehead atoms. The molecular formula is C18H24FN3O2. The molecule has 0 aromatic heterocycles. The summed E-state index contributed by atoms with van der Waals surface area (Å²) in [6.45, 7) is 5.86. The third kappa shape index (κ3) is 4.68. The summed E-state index contributed by atoms with van der Waals surface area (Å²) in [5.41, 5.74) is 3.33. The fourth-order valence-corrected chi connectivity index (χ4v) is 2.67. The topological polar surface area (TPSA) is 65.4 Å². The molecule has 5 nitrogen and oxygen atoms in total. The van der Waals surface area contributed by atoms with Crippen LogP contribution in [-0.4, -0.2) is 25.6 Å². The van der Waals surface area contributed by atoms with Crippen molar-refractivity contribution in [3.63, 3.8) is 0 Å². The molecule has 1 amide bonds. The number of hydroxylamine groups is 1. The predicted molar refractivity (Wildman–Crippen MR) is 89.6 cm³/mol. The molecule has 130 valence electrons. The van der Waals surface area contributed by atoms with Crippen molar-refractivity contribution in [1.29, 1.82) is 5.26 Å². The van der Waals surface area contributed by atoms with E-state index in [0.717, 1.165) is 6.42 Å². The highest BCUT2D eigenvalue weighted by molar-refractivity contribution is 5.78. The maximum Gasteiger partial charge on any atom is 0.246 e. The van der Waals surface area contributed by atoms with Crippen molar-refractivity contribution >= 4 is 11.6 Å². The number of hydrogen-bond acceptors (Lipinski definition) is 4. The lowest BCUT2D eigenvalue weighted by Gasteiger charge is -2.33. The lowest BCUT2D eigenvalue weighted by molar-refractivity contribution is -0.139. The van der Waals surface area contributed by atoms with Gasteiger partial charge in [0.05, 0.1) is 23.9 Å². The van der Waals surface area contributed by atoms with Crippen LogP contribution in [0.25, 0.3) is 0 Å². The van der Waals surface area contributed by atoms with E-state index in [4.69, 9.17) is 10.1 Å². The molecule has 2 rings (SSSR count). The second kappa shape index (κ2) is 8.65. The highest BCUT2D eigenvalue weighted by Crippen LogP contribution is 2.26. The average Bonchev–Trinajstić information content (AvgIpc) is 2.61. The molecule has 0 aliphatic carbocycles. The summed E-state index contributed by atoms with van der Waals surface area (Å²) in [7, 11) is 0. The van der Waals surface area contributed by atoms with Gasteiger partial charge in [0, 0.05) is 19.0 Å². The summed E-state index contributed by atoms with van der Waals surface area (Å²) < 4.78 is 14.1. The van der Waals surface area contributed by atoms with Crippen molar-refractivity contribution in [2.24, 2.45) is 11.8 Å². The first-order chi connectivity index (χ1) is 11.5. The second-order valence-corrected chi connectivity index (χ2v) is 6.33. The quantitative estimate of drug-likeness (QED) is 0.813. The summed E-state index contributed by atoms with van der Waals surface area (Å²) in [6.07, 6.45) is 2.31. The monoisotopic (exact) mass is 333 g/mol. The van der Waals surface area contributed by atoms with Crippen molar-refractivity contribution < 1.29 is 14.0 Å². The largest absolute Gasteiger partial charge is 0.369 e. The summed E-state index contributed by atoms with van der Waals surface area (Å²) in [5, 5.41) is 8.79. The molecule has 1 aromatic carbocycles. The van der Waals surface area contributed by atoms with Crippen molar-refractivity contribution in [3.8, 4) is 6.07 Å². The molecule has 0 spiro atoms. The SMILES string of the molecule is CCC(C)CONC(=O)C1CCN(c2ccc(C#N)cc2F)CC1. The van der Waals surface area contributed by atoms with Crippen LogP contribution >= 0.6 is 0 Å². The third-order valence-corrected chi connectivity index (χ3v) is 4.52. The number of nitrogens with one attached hydrogen (secondary N) is 1. The van der Waals surface area contributed by atoms with E-state index in [0.29, 0.717) is 49.7 Å². The number of amides is 1. The van der Waals surface area contributed by atoms with Crippen LogP contribution in [0.5, 0.6) is 0 Å². The number of carbonyl (C=O) groups excluding carboxylic acids is 1. The Hall–Kier alpha value is -2.13. The molecule has 1 fully saturated rings. The Kier molecular flexibility index (Phi) is 6.56. The highest BCUT2D eigenvalue weighted by Gasteiger charge is 2.26. The van der Waals surface area contributed by atoms with Gasteiger partial charge in [-0.15, -0.1) is 0 Å². The van der Waals surface area contributed by atoms with Gasteiger partial charge in [0.2, 0.25) is 5.91 Å². The lowest BCUT2D eigenvalue weighted by atomic mass is 9.95. The summed E-state index contributed by atoms with van der Waals surface area (Å²) >= 11 is 0. The maximum atomic E-state index is 14.1. The Morgan fingerprint density at radius 3 is 2.79 bits per heavy atom. The van der Waals surface area contributed by atoms with Gasteiger partial charge in [-0.2, -0.15) is 5.26 Å². The molecule has 1 aliphatic heterocycles. The van der Waals surface area contributed by atoms with Crippen LogP contribution in [0.15, 0.2) is 18.2 Å². The zero-order valence-electron chi connectivity index (χ0n) is 14.2. The average molecular weight is 333 g/mol. The first-order valence-electron chi connectivity index (χ1n) is 8.41. The molecule has 1 aliphatic rings. The van der Waals surface area contributed by atoms with E-state index < -0.39 is 5.82 Å². The zero-order chi connectivity index (χ0) is 17.5. The number of anilines is 1. The van der Waals surface area contributed by atoms with Gasteiger partial charge in [-0.05, 0) is 37.0 Å². The first-order valence-corrected chi connectivity index (χ1v) is 8.41. The molecule has 6 heteroatoms. The van der Waals surface area contributed by atoms with Crippen LogP contribution in [0, 0.1) is 29.0 Å². The predicted octanol–water partition coefficient (Wildman–Crippen LogP) is 3.01. The normalized spacial score (nSPS) is 16.5. The molecular weight excluding hydrogens is 309 g/mol. The van der Waals surface area contributed by atoms with E-state index in [9.17, 15) is 9.18 Å². The van der Waals surface area contributed by atoms with Gasteiger partial charge in [0.15, 0.2) is 0 Å². The van der Waals surface area contributed by atoms with Crippen LogP contribution in [0.1, 0.15) is 38.7 Å². The van der Waals surface area contributed by atoms with Crippen LogP contribution in [0.2, 0.25) is 0 Å². The number of benzene rings is 1. The molecule has 1 N–H and O–H groups in total. The van der Waals surface area contributed by atoms with Crippen molar-refractivity contribution in [2.45, 2.75) is 33.1 Å². The second-order valence-electron chi connectivity index (χ2n) is 6.33. The van der Waals surface area contributed by atoms with Crippen molar-refractivity contribution in [3.05, 3.63) is 29.6 Å². The molecule has 24 heavy (non-hydrogen) atoms. The Balaban J connectivity index is 1.83. The minimum atomic E-state index is -0.395.